The maximum absolute atomic E-state index is 10.7. The second kappa shape index (κ2) is 9.55. The monoisotopic (exact) mass is 570 g/mol. The molecule has 1 N–H and O–H groups in total. The Morgan fingerprint density at radius 3 is 2.00 bits per heavy atom. The predicted molar refractivity (Wildman–Crippen MR) is 117 cm³/mol. The van der Waals surface area contributed by atoms with Gasteiger partial charge in [-0.3, -0.25) is 0 Å². The zero-order valence-electron chi connectivity index (χ0n) is 14.9. The van der Waals surface area contributed by atoms with Crippen LogP contribution in [0.2, 0.25) is 0 Å². The normalized spacial score (nSPS) is 28.8. The van der Waals surface area contributed by atoms with Crippen LogP contribution in [0.25, 0.3) is 0 Å². The maximum atomic E-state index is 10.7. The quantitative estimate of drug-likeness (QED) is 0.387. The SMILES string of the molecule is Cc1c(O)c(C2OC3CCCCCCCC(CCC3)O2)cc(I)c1I. The van der Waals surface area contributed by atoms with Gasteiger partial charge in [0, 0.05) is 12.7 Å². The second-order valence-corrected chi connectivity index (χ2v) is 9.60. The Hall–Kier alpha value is 0.400. The third-order valence-corrected chi connectivity index (χ3v) is 8.71. The van der Waals surface area contributed by atoms with Gasteiger partial charge in [0.1, 0.15) is 5.75 Å². The van der Waals surface area contributed by atoms with Gasteiger partial charge in [0.15, 0.2) is 6.29 Å². The Morgan fingerprint density at radius 1 is 0.880 bits per heavy atom. The topological polar surface area (TPSA) is 38.7 Å². The van der Waals surface area contributed by atoms with Crippen molar-refractivity contribution in [1.29, 1.82) is 0 Å². The van der Waals surface area contributed by atoms with E-state index in [9.17, 15) is 5.11 Å². The lowest BCUT2D eigenvalue weighted by molar-refractivity contribution is -0.215. The van der Waals surface area contributed by atoms with E-state index in [1.165, 1.54) is 38.5 Å². The predicted octanol–water partition coefficient (Wildman–Crippen LogP) is 6.61. The van der Waals surface area contributed by atoms with Crippen LogP contribution < -0.4 is 0 Å². The summed E-state index contributed by atoms with van der Waals surface area (Å²) in [5.74, 6) is 0.333. The van der Waals surface area contributed by atoms with Crippen LogP contribution >= 0.6 is 45.2 Å². The summed E-state index contributed by atoms with van der Waals surface area (Å²) in [4.78, 5) is 0. The van der Waals surface area contributed by atoms with Crippen molar-refractivity contribution in [2.45, 2.75) is 89.6 Å². The lowest BCUT2D eigenvalue weighted by atomic mass is 9.97. The van der Waals surface area contributed by atoms with Crippen molar-refractivity contribution in [1.82, 2.24) is 0 Å². The summed E-state index contributed by atoms with van der Waals surface area (Å²) >= 11 is 4.63. The van der Waals surface area contributed by atoms with Crippen LogP contribution in [0.4, 0.5) is 0 Å². The van der Waals surface area contributed by atoms with Gasteiger partial charge < -0.3 is 14.6 Å². The van der Waals surface area contributed by atoms with Crippen LogP contribution in [0, 0.1) is 14.1 Å². The molecule has 2 heterocycles. The molecule has 3 fully saturated rings. The second-order valence-electron chi connectivity index (χ2n) is 7.36. The molecule has 2 atom stereocenters. The summed E-state index contributed by atoms with van der Waals surface area (Å²) < 4.78 is 15.1. The van der Waals surface area contributed by atoms with E-state index in [4.69, 9.17) is 9.47 Å². The molecule has 5 heteroatoms. The molecular formula is C20H28I2O3. The number of benzene rings is 1. The van der Waals surface area contributed by atoms with E-state index in [2.05, 4.69) is 45.2 Å². The average Bonchev–Trinajstić information content (AvgIpc) is 2.56. The molecule has 1 saturated carbocycles. The van der Waals surface area contributed by atoms with Crippen molar-refractivity contribution < 1.29 is 14.6 Å². The first kappa shape index (κ1) is 20.1. The number of halogens is 2. The molecule has 1 aromatic rings. The van der Waals surface area contributed by atoms with Crippen LogP contribution in [0.3, 0.4) is 0 Å². The molecule has 2 unspecified atom stereocenters. The van der Waals surface area contributed by atoms with Crippen molar-refractivity contribution in [3.05, 3.63) is 24.3 Å². The summed E-state index contributed by atoms with van der Waals surface area (Å²) in [5.41, 5.74) is 1.72. The summed E-state index contributed by atoms with van der Waals surface area (Å²) in [5, 5.41) is 10.7. The molecule has 2 aliphatic heterocycles. The van der Waals surface area contributed by atoms with Gasteiger partial charge in [0.05, 0.1) is 17.8 Å². The summed E-state index contributed by atoms with van der Waals surface area (Å²) in [6.07, 6.45) is 12.0. The van der Waals surface area contributed by atoms with Crippen molar-refractivity contribution in [2.75, 3.05) is 0 Å². The molecule has 1 aromatic carbocycles. The lowest BCUT2D eigenvalue weighted by Gasteiger charge is -2.33. The van der Waals surface area contributed by atoms with Gasteiger partial charge in [-0.15, -0.1) is 0 Å². The zero-order valence-corrected chi connectivity index (χ0v) is 19.2. The molecule has 0 aromatic heterocycles. The minimum atomic E-state index is -0.445. The zero-order chi connectivity index (χ0) is 17.8. The van der Waals surface area contributed by atoms with Gasteiger partial charge in [-0.25, -0.2) is 0 Å². The minimum absolute atomic E-state index is 0.238. The van der Waals surface area contributed by atoms with Gasteiger partial charge in [0.2, 0.25) is 0 Å². The molecule has 4 rings (SSSR count). The molecule has 3 nitrogen and oxygen atoms in total. The highest BCUT2D eigenvalue weighted by Gasteiger charge is 2.29. The molecular weight excluding hydrogens is 542 g/mol. The highest BCUT2D eigenvalue weighted by molar-refractivity contribution is 14.1. The molecule has 2 saturated heterocycles. The Balaban J connectivity index is 1.90. The maximum Gasteiger partial charge on any atom is 0.188 e. The third-order valence-electron chi connectivity index (χ3n) is 5.44. The molecule has 25 heavy (non-hydrogen) atoms. The number of phenols is 1. The van der Waals surface area contributed by atoms with Crippen molar-refractivity contribution in [2.24, 2.45) is 0 Å². The standard InChI is InChI=1S/C20H28I2O3/c1-13-18(22)17(21)12-16(19(13)23)20-24-14-8-5-3-2-4-6-9-15(25-20)11-7-10-14/h12,14-15,20,23H,2-11H2,1H3. The van der Waals surface area contributed by atoms with Crippen molar-refractivity contribution >= 4 is 45.2 Å². The van der Waals surface area contributed by atoms with Crippen LogP contribution in [-0.4, -0.2) is 17.3 Å². The van der Waals surface area contributed by atoms with Gasteiger partial charge in [-0.2, -0.15) is 0 Å². The number of ether oxygens (including phenoxy) is 2. The van der Waals surface area contributed by atoms with E-state index in [-0.39, 0.29) is 12.2 Å². The van der Waals surface area contributed by atoms with Crippen LogP contribution in [0.1, 0.15) is 81.6 Å². The molecule has 0 radical (unpaired) electrons. The van der Waals surface area contributed by atoms with Crippen molar-refractivity contribution in [3.8, 4) is 5.75 Å². The summed E-state index contributed by atoms with van der Waals surface area (Å²) in [6.45, 7) is 1.97. The van der Waals surface area contributed by atoms with Crippen molar-refractivity contribution in [3.63, 3.8) is 0 Å². The number of hydrogen-bond acceptors (Lipinski definition) is 3. The Labute approximate surface area is 178 Å². The molecule has 0 spiro atoms. The average molecular weight is 570 g/mol. The van der Waals surface area contributed by atoms with E-state index < -0.39 is 6.29 Å². The third kappa shape index (κ3) is 5.23. The smallest absolute Gasteiger partial charge is 0.188 e. The van der Waals surface area contributed by atoms with E-state index in [1.807, 2.05) is 13.0 Å². The highest BCUT2D eigenvalue weighted by Crippen LogP contribution is 2.39. The first-order valence-electron chi connectivity index (χ1n) is 9.54. The number of phenolic OH excluding ortho intramolecular Hbond substituents is 1. The molecule has 1 aliphatic carbocycles. The largest absolute Gasteiger partial charge is 0.507 e. The number of aromatic hydroxyl groups is 1. The number of rotatable bonds is 1. The summed E-state index contributed by atoms with van der Waals surface area (Å²) in [6, 6.07) is 2.04. The number of hydrogen-bond donors (Lipinski definition) is 1. The molecule has 3 aliphatic rings. The minimum Gasteiger partial charge on any atom is -0.507 e. The van der Waals surface area contributed by atoms with Crippen LogP contribution in [0.5, 0.6) is 5.75 Å². The van der Waals surface area contributed by atoms with E-state index in [0.29, 0.717) is 5.75 Å². The van der Waals surface area contributed by atoms with E-state index in [1.54, 1.807) is 0 Å². The van der Waals surface area contributed by atoms with Gasteiger partial charge in [-0.05, 0) is 90.3 Å². The fourth-order valence-electron chi connectivity index (χ4n) is 3.88. The van der Waals surface area contributed by atoms with Gasteiger partial charge in [-0.1, -0.05) is 32.1 Å². The Morgan fingerprint density at radius 2 is 1.40 bits per heavy atom. The van der Waals surface area contributed by atoms with Gasteiger partial charge >= 0.3 is 0 Å². The lowest BCUT2D eigenvalue weighted by Crippen LogP contribution is -2.28. The molecule has 2 bridgehead atoms. The Bertz CT molecular complexity index is 569. The van der Waals surface area contributed by atoms with Crippen LogP contribution in [-0.2, 0) is 9.47 Å². The highest BCUT2D eigenvalue weighted by atomic mass is 127. The first-order chi connectivity index (χ1) is 12.1. The van der Waals surface area contributed by atoms with Crippen LogP contribution in [0.15, 0.2) is 6.07 Å². The first-order valence-corrected chi connectivity index (χ1v) is 11.7. The van der Waals surface area contributed by atoms with E-state index in [0.717, 1.165) is 44.0 Å². The van der Waals surface area contributed by atoms with E-state index >= 15 is 0 Å². The molecule has 0 amide bonds. The fraction of sp³-hybridized carbons (Fsp3) is 0.700. The summed E-state index contributed by atoms with van der Waals surface area (Å²) in [7, 11) is 0. The molecule has 140 valence electrons. The number of fused-ring (bicyclic) bond motifs is 10. The fourth-order valence-corrected chi connectivity index (χ4v) is 5.04. The van der Waals surface area contributed by atoms with Gasteiger partial charge in [0.25, 0.3) is 0 Å². The Kier molecular flexibility index (Phi) is 7.70.